The second-order valence-corrected chi connectivity index (χ2v) is 5.17. The molecule has 112 valence electrons. The van der Waals surface area contributed by atoms with Crippen molar-refractivity contribution in [1.82, 2.24) is 15.3 Å². The van der Waals surface area contributed by atoms with E-state index in [2.05, 4.69) is 46.3 Å². The summed E-state index contributed by atoms with van der Waals surface area (Å²) in [6.45, 7) is 5.04. The molecule has 0 aliphatic carbocycles. The monoisotopic (exact) mass is 284 g/mol. The Kier molecular flexibility index (Phi) is 6.16. The van der Waals surface area contributed by atoms with Gasteiger partial charge in [-0.1, -0.05) is 13.0 Å². The smallest absolute Gasteiger partial charge is 0.0595 e. The van der Waals surface area contributed by atoms with Gasteiger partial charge in [0.15, 0.2) is 0 Å². The van der Waals surface area contributed by atoms with Crippen LogP contribution in [0.2, 0.25) is 0 Å². The van der Waals surface area contributed by atoms with Gasteiger partial charge in [0.25, 0.3) is 0 Å². The molecule has 2 aromatic heterocycles. The lowest BCUT2D eigenvalue weighted by Gasteiger charge is -2.22. The number of nitrogens with zero attached hydrogens (tertiary/aromatic N) is 3. The average Bonchev–Trinajstić information content (AvgIpc) is 2.54. The fraction of sp³-hybridized carbons (Fsp3) is 0.412. The van der Waals surface area contributed by atoms with Gasteiger partial charge >= 0.3 is 0 Å². The zero-order valence-electron chi connectivity index (χ0n) is 12.9. The van der Waals surface area contributed by atoms with Crippen molar-refractivity contribution in [3.05, 3.63) is 54.1 Å². The molecular formula is C17H24N4. The molecule has 0 aliphatic heterocycles. The minimum absolute atomic E-state index is 0.889. The number of hydrogen-bond acceptors (Lipinski definition) is 4. The molecule has 0 atom stereocenters. The first-order valence-corrected chi connectivity index (χ1v) is 7.56. The molecule has 0 aliphatic rings. The third kappa shape index (κ3) is 4.83. The lowest BCUT2D eigenvalue weighted by atomic mass is 10.2. The summed E-state index contributed by atoms with van der Waals surface area (Å²) in [5, 5.41) is 3.45. The predicted octanol–water partition coefficient (Wildman–Crippen LogP) is 2.66. The van der Waals surface area contributed by atoms with E-state index in [0.717, 1.165) is 38.2 Å². The maximum atomic E-state index is 4.37. The molecule has 0 saturated carbocycles. The van der Waals surface area contributed by atoms with Gasteiger partial charge in [0.1, 0.15) is 0 Å². The molecule has 0 radical (unpaired) electrons. The summed E-state index contributed by atoms with van der Waals surface area (Å²) in [6.07, 6.45) is 7.74. The number of nitrogens with one attached hydrogen (secondary N) is 1. The number of likely N-dealkylation sites (N-methyl/N-ethyl adjacent to an activating group) is 1. The van der Waals surface area contributed by atoms with Gasteiger partial charge in [-0.05, 0) is 36.7 Å². The van der Waals surface area contributed by atoms with Gasteiger partial charge in [0.2, 0.25) is 0 Å². The lowest BCUT2D eigenvalue weighted by molar-refractivity contribution is 0.673. The van der Waals surface area contributed by atoms with Crippen LogP contribution in [0.4, 0.5) is 5.69 Å². The first-order valence-electron chi connectivity index (χ1n) is 7.56. The van der Waals surface area contributed by atoms with Crippen molar-refractivity contribution >= 4 is 5.69 Å². The highest BCUT2D eigenvalue weighted by Gasteiger charge is 2.07. The van der Waals surface area contributed by atoms with Crippen LogP contribution in [0.3, 0.4) is 0 Å². The van der Waals surface area contributed by atoms with Gasteiger partial charge in [-0.25, -0.2) is 0 Å². The van der Waals surface area contributed by atoms with E-state index in [1.807, 2.05) is 30.7 Å². The topological polar surface area (TPSA) is 41.1 Å². The first kappa shape index (κ1) is 15.4. The van der Waals surface area contributed by atoms with Crippen molar-refractivity contribution in [3.63, 3.8) is 0 Å². The second kappa shape index (κ2) is 8.37. The van der Waals surface area contributed by atoms with Crippen molar-refractivity contribution in [2.24, 2.45) is 0 Å². The molecule has 4 heteroatoms. The molecule has 0 fully saturated rings. The molecule has 0 amide bonds. The maximum absolute atomic E-state index is 4.37. The highest BCUT2D eigenvalue weighted by Crippen LogP contribution is 2.17. The predicted molar refractivity (Wildman–Crippen MR) is 87.4 cm³/mol. The van der Waals surface area contributed by atoms with Gasteiger partial charge in [-0.3, -0.25) is 9.97 Å². The third-order valence-corrected chi connectivity index (χ3v) is 3.47. The molecule has 2 heterocycles. The van der Waals surface area contributed by atoms with Crippen LogP contribution in [0.15, 0.2) is 42.9 Å². The number of pyridine rings is 2. The van der Waals surface area contributed by atoms with Crippen LogP contribution in [0, 0.1) is 0 Å². The number of aromatic nitrogens is 2. The van der Waals surface area contributed by atoms with Crippen LogP contribution in [0.5, 0.6) is 0 Å². The van der Waals surface area contributed by atoms with Crippen molar-refractivity contribution in [1.29, 1.82) is 0 Å². The van der Waals surface area contributed by atoms with Gasteiger partial charge in [-0.15, -0.1) is 0 Å². The Hall–Kier alpha value is -1.94. The lowest BCUT2D eigenvalue weighted by Crippen LogP contribution is -2.24. The van der Waals surface area contributed by atoms with Gasteiger partial charge in [0, 0.05) is 44.6 Å². The SMILES string of the molecule is CCCNCc1ccncc1N(C)CCc1ccccn1. The van der Waals surface area contributed by atoms with Gasteiger partial charge in [0.05, 0.1) is 11.9 Å². The third-order valence-electron chi connectivity index (χ3n) is 3.47. The standard InChI is InChI=1S/C17H24N4/c1-3-9-18-13-15-7-11-19-14-17(15)21(2)12-8-16-6-4-5-10-20-16/h4-7,10-11,14,18H,3,8-9,12-13H2,1-2H3. The van der Waals surface area contributed by atoms with Gasteiger partial charge in [-0.2, -0.15) is 0 Å². The Morgan fingerprint density at radius 2 is 2.10 bits per heavy atom. The quantitative estimate of drug-likeness (QED) is 0.757. The molecule has 2 rings (SSSR count). The van der Waals surface area contributed by atoms with Crippen LogP contribution < -0.4 is 10.2 Å². The molecule has 0 spiro atoms. The molecule has 0 aromatic carbocycles. The van der Waals surface area contributed by atoms with E-state index in [0.29, 0.717) is 0 Å². The van der Waals surface area contributed by atoms with Crippen LogP contribution >= 0.6 is 0 Å². The van der Waals surface area contributed by atoms with E-state index in [9.17, 15) is 0 Å². The Bertz CT molecular complexity index is 527. The maximum Gasteiger partial charge on any atom is 0.0595 e. The minimum Gasteiger partial charge on any atom is -0.373 e. The van der Waals surface area contributed by atoms with E-state index >= 15 is 0 Å². The van der Waals surface area contributed by atoms with Crippen molar-refractivity contribution in [2.45, 2.75) is 26.3 Å². The molecule has 2 aromatic rings. The highest BCUT2D eigenvalue weighted by molar-refractivity contribution is 5.51. The molecule has 0 bridgehead atoms. The average molecular weight is 284 g/mol. The Labute approximate surface area is 127 Å². The van der Waals surface area contributed by atoms with E-state index in [1.165, 1.54) is 11.3 Å². The fourth-order valence-electron chi connectivity index (χ4n) is 2.26. The van der Waals surface area contributed by atoms with E-state index < -0.39 is 0 Å². The highest BCUT2D eigenvalue weighted by atomic mass is 15.1. The largest absolute Gasteiger partial charge is 0.373 e. The molecular weight excluding hydrogens is 260 g/mol. The summed E-state index contributed by atoms with van der Waals surface area (Å²) < 4.78 is 0. The zero-order chi connectivity index (χ0) is 14.9. The van der Waals surface area contributed by atoms with Crippen molar-refractivity contribution in [3.8, 4) is 0 Å². The normalized spacial score (nSPS) is 10.6. The summed E-state index contributed by atoms with van der Waals surface area (Å²) in [5.74, 6) is 0. The molecule has 21 heavy (non-hydrogen) atoms. The van der Waals surface area contributed by atoms with Crippen LogP contribution in [-0.2, 0) is 13.0 Å². The Morgan fingerprint density at radius 3 is 2.86 bits per heavy atom. The van der Waals surface area contributed by atoms with Gasteiger partial charge < -0.3 is 10.2 Å². The summed E-state index contributed by atoms with van der Waals surface area (Å²) in [4.78, 5) is 10.9. The van der Waals surface area contributed by atoms with E-state index in [1.54, 1.807) is 0 Å². The molecule has 1 N–H and O–H groups in total. The second-order valence-electron chi connectivity index (χ2n) is 5.17. The van der Waals surface area contributed by atoms with E-state index in [-0.39, 0.29) is 0 Å². The van der Waals surface area contributed by atoms with Crippen molar-refractivity contribution < 1.29 is 0 Å². The number of anilines is 1. The van der Waals surface area contributed by atoms with Crippen LogP contribution in [0.1, 0.15) is 24.6 Å². The van der Waals surface area contributed by atoms with E-state index in [4.69, 9.17) is 0 Å². The van der Waals surface area contributed by atoms with Crippen LogP contribution in [-0.4, -0.2) is 30.1 Å². The summed E-state index contributed by atoms with van der Waals surface area (Å²) in [5.41, 5.74) is 3.61. The van der Waals surface area contributed by atoms with Crippen molar-refractivity contribution in [2.75, 3.05) is 25.0 Å². The summed E-state index contributed by atoms with van der Waals surface area (Å²) >= 11 is 0. The molecule has 0 saturated heterocycles. The number of rotatable bonds is 8. The fourth-order valence-corrected chi connectivity index (χ4v) is 2.26. The summed E-state index contributed by atoms with van der Waals surface area (Å²) in [6, 6.07) is 8.15. The number of hydrogen-bond donors (Lipinski definition) is 1. The minimum atomic E-state index is 0.889. The molecule has 4 nitrogen and oxygen atoms in total. The first-order chi connectivity index (χ1) is 10.3. The summed E-state index contributed by atoms with van der Waals surface area (Å²) in [7, 11) is 2.11. The van der Waals surface area contributed by atoms with Crippen LogP contribution in [0.25, 0.3) is 0 Å². The Balaban J connectivity index is 1.96. The Morgan fingerprint density at radius 1 is 1.19 bits per heavy atom. The molecule has 0 unspecified atom stereocenters. The zero-order valence-corrected chi connectivity index (χ0v) is 12.9.